The molecule has 2 aliphatic heterocycles. The molecule has 0 amide bonds. The second kappa shape index (κ2) is 8.34. The number of nitrogens with one attached hydrogen (secondary N) is 1. The summed E-state index contributed by atoms with van der Waals surface area (Å²) in [6, 6.07) is 5.18. The van der Waals surface area contributed by atoms with Crippen molar-refractivity contribution in [1.29, 1.82) is 0 Å². The van der Waals surface area contributed by atoms with Gasteiger partial charge in [-0.1, -0.05) is 17.7 Å². The van der Waals surface area contributed by atoms with E-state index in [0.29, 0.717) is 25.0 Å². The normalized spacial score (nSPS) is 27.8. The standard InChI is InChI=1S/C18H26ClFN4O/c1-24-7-6-13(17(24)12-4-5-15(19)16(20)9-12)10-22-18(21)23-11-14-3-2-8-25-14/h4-5,9,13-14,17H,2-3,6-8,10-11H2,1H3,(H3,21,22,23). The molecule has 1 aromatic carbocycles. The van der Waals surface area contributed by atoms with Gasteiger partial charge < -0.3 is 15.8 Å². The van der Waals surface area contributed by atoms with Gasteiger partial charge in [-0.05, 0) is 56.5 Å². The Balaban J connectivity index is 1.60. The van der Waals surface area contributed by atoms with Crippen LogP contribution in [-0.2, 0) is 4.74 Å². The number of nitrogens with zero attached hydrogens (tertiary/aromatic N) is 2. The van der Waals surface area contributed by atoms with Crippen molar-refractivity contribution in [2.75, 3.05) is 33.3 Å². The van der Waals surface area contributed by atoms with Crippen LogP contribution in [-0.4, -0.2) is 50.3 Å². The Hall–Kier alpha value is -1.37. The van der Waals surface area contributed by atoms with Crippen LogP contribution in [0.4, 0.5) is 4.39 Å². The molecular weight excluding hydrogens is 343 g/mol. The Morgan fingerprint density at radius 3 is 3.04 bits per heavy atom. The summed E-state index contributed by atoms with van der Waals surface area (Å²) < 4.78 is 19.4. The summed E-state index contributed by atoms with van der Waals surface area (Å²) in [5.74, 6) is 0.374. The highest BCUT2D eigenvalue weighted by atomic mass is 35.5. The van der Waals surface area contributed by atoms with Gasteiger partial charge in [-0.3, -0.25) is 9.89 Å². The molecule has 0 saturated carbocycles. The van der Waals surface area contributed by atoms with E-state index in [2.05, 4.69) is 22.3 Å². The highest BCUT2D eigenvalue weighted by Gasteiger charge is 2.33. The van der Waals surface area contributed by atoms with Gasteiger partial charge in [0.2, 0.25) is 0 Å². The molecule has 2 saturated heterocycles. The van der Waals surface area contributed by atoms with Crippen LogP contribution in [0.15, 0.2) is 23.2 Å². The van der Waals surface area contributed by atoms with E-state index in [1.165, 1.54) is 6.07 Å². The van der Waals surface area contributed by atoms with Gasteiger partial charge in [0.1, 0.15) is 5.82 Å². The topological polar surface area (TPSA) is 62.9 Å². The van der Waals surface area contributed by atoms with Gasteiger partial charge in [0.25, 0.3) is 0 Å². The molecule has 7 heteroatoms. The summed E-state index contributed by atoms with van der Waals surface area (Å²) in [5, 5.41) is 3.30. The van der Waals surface area contributed by atoms with Crippen molar-refractivity contribution in [2.24, 2.45) is 16.6 Å². The second-order valence-corrected chi connectivity index (χ2v) is 7.30. The number of likely N-dealkylation sites (tertiary alicyclic amines) is 1. The van der Waals surface area contributed by atoms with Gasteiger partial charge in [0.05, 0.1) is 11.1 Å². The number of benzene rings is 1. The molecule has 25 heavy (non-hydrogen) atoms. The number of halogens is 2. The van der Waals surface area contributed by atoms with Crippen LogP contribution in [0.3, 0.4) is 0 Å². The number of hydrogen-bond donors (Lipinski definition) is 2. The highest BCUT2D eigenvalue weighted by Crippen LogP contribution is 2.37. The van der Waals surface area contributed by atoms with E-state index in [9.17, 15) is 4.39 Å². The molecule has 2 heterocycles. The number of guanidine groups is 1. The van der Waals surface area contributed by atoms with Crippen LogP contribution in [0, 0.1) is 11.7 Å². The van der Waals surface area contributed by atoms with E-state index < -0.39 is 0 Å². The van der Waals surface area contributed by atoms with Crippen molar-refractivity contribution in [3.05, 3.63) is 34.6 Å². The third-order valence-corrected chi connectivity index (χ3v) is 5.40. The maximum Gasteiger partial charge on any atom is 0.188 e. The average molecular weight is 369 g/mol. The summed E-state index contributed by atoms with van der Waals surface area (Å²) in [5.41, 5.74) is 6.92. The largest absolute Gasteiger partial charge is 0.376 e. The third kappa shape index (κ3) is 4.63. The Morgan fingerprint density at radius 2 is 2.32 bits per heavy atom. The molecule has 0 aliphatic carbocycles. The van der Waals surface area contributed by atoms with Crippen molar-refractivity contribution >= 4 is 17.6 Å². The van der Waals surface area contributed by atoms with E-state index in [0.717, 1.165) is 38.0 Å². The molecule has 3 N–H and O–H groups in total. The molecular formula is C18H26ClFN4O. The van der Waals surface area contributed by atoms with Crippen LogP contribution in [0.5, 0.6) is 0 Å². The number of nitrogens with two attached hydrogens (primary N) is 1. The molecule has 0 bridgehead atoms. The fraction of sp³-hybridized carbons (Fsp3) is 0.611. The average Bonchev–Trinajstić information content (AvgIpc) is 3.23. The molecule has 2 fully saturated rings. The lowest BCUT2D eigenvalue weighted by Crippen LogP contribution is -2.37. The fourth-order valence-corrected chi connectivity index (χ4v) is 3.85. The highest BCUT2D eigenvalue weighted by molar-refractivity contribution is 6.30. The monoisotopic (exact) mass is 368 g/mol. The SMILES string of the molecule is CN1CCC(CN=C(N)NCC2CCCO2)C1c1ccc(Cl)c(F)c1. The molecule has 5 nitrogen and oxygen atoms in total. The Morgan fingerprint density at radius 1 is 1.48 bits per heavy atom. The minimum absolute atomic E-state index is 0.126. The first kappa shape index (κ1) is 18.4. The van der Waals surface area contributed by atoms with Crippen molar-refractivity contribution in [2.45, 2.75) is 31.4 Å². The van der Waals surface area contributed by atoms with Gasteiger partial charge in [-0.25, -0.2) is 4.39 Å². The zero-order chi connectivity index (χ0) is 17.8. The van der Waals surface area contributed by atoms with Gasteiger partial charge in [-0.2, -0.15) is 0 Å². The van der Waals surface area contributed by atoms with Crippen LogP contribution in [0.1, 0.15) is 30.9 Å². The lowest BCUT2D eigenvalue weighted by atomic mass is 9.94. The van der Waals surface area contributed by atoms with Gasteiger partial charge in [0, 0.05) is 25.7 Å². The van der Waals surface area contributed by atoms with Crippen molar-refractivity contribution in [1.82, 2.24) is 10.2 Å². The predicted molar refractivity (Wildman–Crippen MR) is 98.4 cm³/mol. The maximum absolute atomic E-state index is 13.8. The molecule has 3 unspecified atom stereocenters. The first-order chi connectivity index (χ1) is 12.0. The van der Waals surface area contributed by atoms with Gasteiger partial charge in [0.15, 0.2) is 5.96 Å². The van der Waals surface area contributed by atoms with Crippen molar-refractivity contribution in [3.63, 3.8) is 0 Å². The Labute approximate surface area is 153 Å². The minimum Gasteiger partial charge on any atom is -0.376 e. The Kier molecular flexibility index (Phi) is 6.15. The maximum atomic E-state index is 13.8. The lowest BCUT2D eigenvalue weighted by molar-refractivity contribution is 0.114. The fourth-order valence-electron chi connectivity index (χ4n) is 3.74. The zero-order valence-corrected chi connectivity index (χ0v) is 15.3. The molecule has 3 atom stereocenters. The first-order valence-electron chi connectivity index (χ1n) is 8.85. The molecule has 0 aromatic heterocycles. The Bertz CT molecular complexity index is 621. The smallest absolute Gasteiger partial charge is 0.188 e. The number of aliphatic imine (C=N–C) groups is 1. The summed E-state index contributed by atoms with van der Waals surface area (Å²) >= 11 is 5.81. The van der Waals surface area contributed by atoms with E-state index in [1.807, 2.05) is 6.07 Å². The summed E-state index contributed by atoms with van der Waals surface area (Å²) in [4.78, 5) is 6.73. The van der Waals surface area contributed by atoms with E-state index in [1.54, 1.807) is 6.07 Å². The molecule has 0 spiro atoms. The van der Waals surface area contributed by atoms with E-state index >= 15 is 0 Å². The zero-order valence-electron chi connectivity index (χ0n) is 14.5. The van der Waals surface area contributed by atoms with E-state index in [-0.39, 0.29) is 23.0 Å². The van der Waals surface area contributed by atoms with Gasteiger partial charge >= 0.3 is 0 Å². The lowest BCUT2D eigenvalue weighted by Gasteiger charge is -2.25. The summed E-state index contributed by atoms with van der Waals surface area (Å²) in [7, 11) is 2.06. The number of rotatable bonds is 5. The number of ether oxygens (including phenoxy) is 1. The molecule has 0 radical (unpaired) electrons. The van der Waals surface area contributed by atoms with Crippen LogP contribution in [0.25, 0.3) is 0 Å². The summed E-state index contributed by atoms with van der Waals surface area (Å²) in [6.45, 7) is 3.10. The first-order valence-corrected chi connectivity index (χ1v) is 9.23. The quantitative estimate of drug-likeness (QED) is 0.619. The van der Waals surface area contributed by atoms with Gasteiger partial charge in [-0.15, -0.1) is 0 Å². The van der Waals surface area contributed by atoms with Crippen LogP contribution in [0.2, 0.25) is 5.02 Å². The second-order valence-electron chi connectivity index (χ2n) is 6.89. The third-order valence-electron chi connectivity index (χ3n) is 5.09. The minimum atomic E-state index is -0.375. The summed E-state index contributed by atoms with van der Waals surface area (Å²) in [6.07, 6.45) is 3.42. The molecule has 3 rings (SSSR count). The van der Waals surface area contributed by atoms with Crippen LogP contribution < -0.4 is 11.1 Å². The molecule has 1 aromatic rings. The van der Waals surface area contributed by atoms with E-state index in [4.69, 9.17) is 22.1 Å². The van der Waals surface area contributed by atoms with Crippen LogP contribution >= 0.6 is 11.6 Å². The predicted octanol–water partition coefficient (Wildman–Crippen LogP) is 2.56. The van der Waals surface area contributed by atoms with Crippen molar-refractivity contribution < 1.29 is 9.13 Å². The molecule has 138 valence electrons. The van der Waals surface area contributed by atoms with Crippen molar-refractivity contribution in [3.8, 4) is 0 Å². The number of hydrogen-bond acceptors (Lipinski definition) is 3. The molecule has 2 aliphatic rings.